The van der Waals surface area contributed by atoms with Crippen molar-refractivity contribution in [1.82, 2.24) is 15.6 Å². The van der Waals surface area contributed by atoms with Crippen LogP contribution >= 0.6 is 0 Å². The molecule has 1 saturated carbocycles. The number of amides is 2. The van der Waals surface area contributed by atoms with Crippen LogP contribution in [0, 0.1) is 12.8 Å². The molecule has 3 aromatic rings. The maximum atomic E-state index is 12.6. The van der Waals surface area contributed by atoms with E-state index in [1.54, 1.807) is 0 Å². The van der Waals surface area contributed by atoms with Gasteiger partial charge in [-0.1, -0.05) is 48.5 Å². The molecule has 2 aromatic carbocycles. The zero-order valence-electron chi connectivity index (χ0n) is 16.6. The molecular formula is C24H25N3O2. The molecular weight excluding hydrogens is 362 g/mol. The molecule has 0 atom stereocenters. The molecule has 1 aliphatic rings. The number of rotatable bonds is 7. The summed E-state index contributed by atoms with van der Waals surface area (Å²) in [4.78, 5) is 29.0. The van der Waals surface area contributed by atoms with Crippen LogP contribution in [0.4, 0.5) is 0 Å². The molecule has 5 heteroatoms. The molecule has 2 amide bonds. The Balaban J connectivity index is 1.54. The molecule has 0 saturated heterocycles. The van der Waals surface area contributed by atoms with E-state index in [0.29, 0.717) is 13.1 Å². The summed E-state index contributed by atoms with van der Waals surface area (Å²) in [5.74, 6) is 0.216. The second kappa shape index (κ2) is 8.43. The summed E-state index contributed by atoms with van der Waals surface area (Å²) < 4.78 is 0. The van der Waals surface area contributed by atoms with Crippen LogP contribution in [-0.4, -0.2) is 29.9 Å². The molecule has 0 spiro atoms. The molecule has 0 radical (unpaired) electrons. The normalized spacial score (nSPS) is 13.3. The van der Waals surface area contributed by atoms with Crippen LogP contribution in [0.5, 0.6) is 0 Å². The lowest BCUT2D eigenvalue weighted by Crippen LogP contribution is -2.36. The Labute approximate surface area is 170 Å². The van der Waals surface area contributed by atoms with Gasteiger partial charge in [0, 0.05) is 30.1 Å². The van der Waals surface area contributed by atoms with Crippen molar-refractivity contribution >= 4 is 22.7 Å². The first-order valence-electron chi connectivity index (χ1n) is 10.1. The SMILES string of the molecule is Cc1nc2ccccc2c(-c2ccccc2)c1CC(=O)NCCNC(=O)C1CC1. The highest BCUT2D eigenvalue weighted by Crippen LogP contribution is 2.33. The third-order valence-electron chi connectivity index (χ3n) is 5.29. The summed E-state index contributed by atoms with van der Waals surface area (Å²) in [7, 11) is 0. The van der Waals surface area contributed by atoms with Gasteiger partial charge in [-0.3, -0.25) is 14.6 Å². The summed E-state index contributed by atoms with van der Waals surface area (Å²) in [5.41, 5.74) is 4.87. The number of hydrogen-bond acceptors (Lipinski definition) is 3. The van der Waals surface area contributed by atoms with Gasteiger partial charge in [-0.2, -0.15) is 0 Å². The number of fused-ring (bicyclic) bond motifs is 1. The first-order valence-corrected chi connectivity index (χ1v) is 10.1. The Morgan fingerprint density at radius 1 is 0.966 bits per heavy atom. The van der Waals surface area contributed by atoms with Gasteiger partial charge in [0.25, 0.3) is 0 Å². The first-order chi connectivity index (χ1) is 14.1. The van der Waals surface area contributed by atoms with Crippen LogP contribution in [0.15, 0.2) is 54.6 Å². The van der Waals surface area contributed by atoms with Crippen molar-refractivity contribution in [3.8, 4) is 11.1 Å². The smallest absolute Gasteiger partial charge is 0.224 e. The number of nitrogens with zero attached hydrogens (tertiary/aromatic N) is 1. The summed E-state index contributed by atoms with van der Waals surface area (Å²) >= 11 is 0. The molecule has 148 valence electrons. The maximum absolute atomic E-state index is 12.6. The topological polar surface area (TPSA) is 71.1 Å². The highest BCUT2D eigenvalue weighted by molar-refractivity contribution is 5.98. The molecule has 0 unspecified atom stereocenters. The van der Waals surface area contributed by atoms with Gasteiger partial charge in [-0.05, 0) is 42.5 Å². The van der Waals surface area contributed by atoms with Crippen LogP contribution in [0.3, 0.4) is 0 Å². The van der Waals surface area contributed by atoms with E-state index in [-0.39, 0.29) is 24.2 Å². The number of hydrogen-bond donors (Lipinski definition) is 2. The lowest BCUT2D eigenvalue weighted by Gasteiger charge is -2.16. The Morgan fingerprint density at radius 3 is 2.41 bits per heavy atom. The molecule has 0 aliphatic heterocycles. The van der Waals surface area contributed by atoms with Crippen LogP contribution < -0.4 is 10.6 Å². The predicted octanol–water partition coefficient (Wildman–Crippen LogP) is 3.40. The Kier molecular flexibility index (Phi) is 5.56. The van der Waals surface area contributed by atoms with E-state index < -0.39 is 0 Å². The third kappa shape index (κ3) is 4.45. The number of carbonyl (C=O) groups is 2. The van der Waals surface area contributed by atoms with E-state index in [1.165, 1.54) is 0 Å². The van der Waals surface area contributed by atoms with Crippen molar-refractivity contribution in [1.29, 1.82) is 0 Å². The number of carbonyl (C=O) groups excluding carboxylic acids is 2. The summed E-state index contributed by atoms with van der Waals surface area (Å²) in [6.45, 7) is 2.84. The minimum atomic E-state index is -0.0666. The van der Waals surface area contributed by atoms with Gasteiger partial charge in [0.1, 0.15) is 0 Å². The molecule has 4 rings (SSSR count). The van der Waals surface area contributed by atoms with Gasteiger partial charge in [-0.25, -0.2) is 0 Å². The second-order valence-corrected chi connectivity index (χ2v) is 7.53. The van der Waals surface area contributed by atoms with Crippen LogP contribution in [0.25, 0.3) is 22.0 Å². The fourth-order valence-electron chi connectivity index (χ4n) is 3.63. The third-order valence-corrected chi connectivity index (χ3v) is 5.29. The number of para-hydroxylation sites is 1. The average molecular weight is 387 g/mol. The van der Waals surface area contributed by atoms with Gasteiger partial charge in [0.2, 0.25) is 11.8 Å². The van der Waals surface area contributed by atoms with Crippen molar-refractivity contribution in [2.75, 3.05) is 13.1 Å². The molecule has 1 fully saturated rings. The van der Waals surface area contributed by atoms with Gasteiger partial charge in [-0.15, -0.1) is 0 Å². The molecule has 1 aliphatic carbocycles. The molecule has 29 heavy (non-hydrogen) atoms. The van der Waals surface area contributed by atoms with E-state index in [0.717, 1.165) is 46.1 Å². The number of benzene rings is 2. The zero-order valence-corrected chi connectivity index (χ0v) is 16.6. The van der Waals surface area contributed by atoms with Crippen LogP contribution in [0.1, 0.15) is 24.1 Å². The van der Waals surface area contributed by atoms with E-state index in [4.69, 9.17) is 4.98 Å². The number of aryl methyl sites for hydroxylation is 1. The standard InChI is InChI=1S/C24H25N3O2/c1-16-20(15-22(28)25-13-14-26-24(29)18-11-12-18)23(17-7-3-2-4-8-17)19-9-5-6-10-21(19)27-16/h2-10,18H,11-15H2,1H3,(H,25,28)(H,26,29). The lowest BCUT2D eigenvalue weighted by atomic mass is 9.92. The maximum Gasteiger partial charge on any atom is 0.224 e. The molecule has 5 nitrogen and oxygen atoms in total. The number of pyridine rings is 1. The fourth-order valence-corrected chi connectivity index (χ4v) is 3.63. The summed E-state index contributed by atoms with van der Waals surface area (Å²) in [6.07, 6.45) is 2.22. The lowest BCUT2D eigenvalue weighted by molar-refractivity contribution is -0.123. The molecule has 1 aromatic heterocycles. The minimum Gasteiger partial charge on any atom is -0.354 e. The van der Waals surface area contributed by atoms with Gasteiger partial charge in [0.05, 0.1) is 11.9 Å². The molecule has 1 heterocycles. The van der Waals surface area contributed by atoms with E-state index in [1.807, 2.05) is 43.3 Å². The average Bonchev–Trinajstić information content (AvgIpc) is 3.58. The minimum absolute atomic E-state index is 0.0666. The Morgan fingerprint density at radius 2 is 1.66 bits per heavy atom. The van der Waals surface area contributed by atoms with Gasteiger partial charge < -0.3 is 10.6 Å². The van der Waals surface area contributed by atoms with E-state index in [9.17, 15) is 9.59 Å². The highest BCUT2D eigenvalue weighted by Gasteiger charge is 2.29. The van der Waals surface area contributed by atoms with Crippen molar-refractivity contribution < 1.29 is 9.59 Å². The van der Waals surface area contributed by atoms with E-state index in [2.05, 4.69) is 28.8 Å². The second-order valence-electron chi connectivity index (χ2n) is 7.53. The van der Waals surface area contributed by atoms with Crippen molar-refractivity contribution in [3.63, 3.8) is 0 Å². The number of aromatic nitrogens is 1. The fraction of sp³-hybridized carbons (Fsp3) is 0.292. The Hall–Kier alpha value is -3.21. The van der Waals surface area contributed by atoms with Gasteiger partial charge in [0.15, 0.2) is 0 Å². The molecule has 0 bridgehead atoms. The summed E-state index contributed by atoms with van der Waals surface area (Å²) in [5, 5.41) is 6.83. The van der Waals surface area contributed by atoms with Crippen molar-refractivity contribution in [2.45, 2.75) is 26.2 Å². The van der Waals surface area contributed by atoms with Crippen LogP contribution in [0.2, 0.25) is 0 Å². The van der Waals surface area contributed by atoms with Crippen molar-refractivity contribution in [3.05, 3.63) is 65.9 Å². The van der Waals surface area contributed by atoms with E-state index >= 15 is 0 Å². The van der Waals surface area contributed by atoms with Crippen LogP contribution in [-0.2, 0) is 16.0 Å². The largest absolute Gasteiger partial charge is 0.354 e. The highest BCUT2D eigenvalue weighted by atomic mass is 16.2. The number of nitrogens with one attached hydrogen (secondary N) is 2. The monoisotopic (exact) mass is 387 g/mol. The molecule has 2 N–H and O–H groups in total. The van der Waals surface area contributed by atoms with Crippen molar-refractivity contribution in [2.24, 2.45) is 5.92 Å². The quantitative estimate of drug-likeness (QED) is 0.611. The zero-order chi connectivity index (χ0) is 20.2. The predicted molar refractivity (Wildman–Crippen MR) is 114 cm³/mol. The summed E-state index contributed by atoms with van der Waals surface area (Å²) in [6, 6.07) is 18.2. The van der Waals surface area contributed by atoms with Gasteiger partial charge >= 0.3 is 0 Å². The Bertz CT molecular complexity index is 1040. The first kappa shape index (κ1) is 19.1.